The Balaban J connectivity index is 0.000000258. The number of nitrogen functional groups attached to an aromatic ring is 2. The van der Waals surface area contributed by atoms with Crippen LogP contribution in [0.5, 0.6) is 11.5 Å². The van der Waals surface area contributed by atoms with Gasteiger partial charge in [-0.25, -0.2) is 33.7 Å². The maximum atomic E-state index is 15.5. The maximum absolute atomic E-state index is 15.5. The number of benzene rings is 8. The second-order valence-electron chi connectivity index (χ2n) is 30.2. The number of phenols is 2. The van der Waals surface area contributed by atoms with Crippen molar-refractivity contribution in [3.05, 3.63) is 250 Å². The fourth-order valence-corrected chi connectivity index (χ4v) is 17.0. The molecule has 6 aliphatic heterocycles. The van der Waals surface area contributed by atoms with Crippen molar-refractivity contribution in [1.82, 2.24) is 15.1 Å². The first-order chi connectivity index (χ1) is 59.8. The summed E-state index contributed by atoms with van der Waals surface area (Å²) in [6.07, 6.45) is -37.5. The summed E-state index contributed by atoms with van der Waals surface area (Å²) in [6, 6.07) is 10.2. The van der Waals surface area contributed by atoms with Crippen LogP contribution in [0, 0.1) is 6.92 Å². The monoisotopic (exact) mass is 1880 g/mol. The van der Waals surface area contributed by atoms with Crippen molar-refractivity contribution in [2.45, 2.75) is 86.4 Å². The summed E-state index contributed by atoms with van der Waals surface area (Å²) < 4.78 is 288. The highest BCUT2D eigenvalue weighted by Gasteiger charge is 2.76. The van der Waals surface area contributed by atoms with Crippen LogP contribution < -0.4 is 33.2 Å². The Bertz CT molecular complexity index is 6140. The number of aryl methyl sites for hydroxylation is 1. The average Bonchev–Trinajstić information content (AvgIpc) is 1.14. The number of fused-ring (bicyclic) bond motifs is 6. The molecule has 6 heterocycles. The van der Waals surface area contributed by atoms with E-state index in [9.17, 15) is 104 Å². The minimum absolute atomic E-state index is 0.0348. The van der Waals surface area contributed by atoms with Gasteiger partial charge in [0.15, 0.2) is 5.75 Å². The Kier molecular flexibility index (Phi) is 24.6. The van der Waals surface area contributed by atoms with Crippen molar-refractivity contribution >= 4 is 117 Å². The molecule has 50 heteroatoms. The molecule has 30 nitrogen and oxygen atoms in total. The van der Waals surface area contributed by atoms with Crippen LogP contribution in [0.25, 0.3) is 0 Å². The lowest BCUT2D eigenvalue weighted by Crippen LogP contribution is -2.55. The SMILES string of the molecule is C[Si](C)(CN)OCN.Cc1cc(C(=O)O)cc(N2C(=O)c3ccc(C(c4ccc5c(c4)C(=O)N(CO[Si](C)(C)CN4C(=O)c6ccc(C(c7ccc8c(c7)C(=O)NC8=O)(C(F)(F)F)C(F)(F)F)cc6C4=O)C5=O)(C(F)(F)F)C(F)(F)F)cc3C2=O)c1O.Nc1cc(C(=O)O)cc(N)c1O.O=C1OC(=O)c2cc(C(c3ccc4c(c3)C(=O)OC4=O)(C(F)(F)F)C(F)(F)F)ccc21. The van der Waals surface area contributed by atoms with Gasteiger partial charge in [-0.2, -0.15) is 79.0 Å². The first kappa shape index (κ1) is 96.4. The van der Waals surface area contributed by atoms with Crippen LogP contribution >= 0.6 is 0 Å². The lowest BCUT2D eigenvalue weighted by atomic mass is 9.71. The number of anilines is 3. The van der Waals surface area contributed by atoms with Crippen molar-refractivity contribution in [3.63, 3.8) is 0 Å². The van der Waals surface area contributed by atoms with Gasteiger partial charge in [0.1, 0.15) is 12.5 Å². The number of carboxylic acids is 2. The first-order valence-electron chi connectivity index (χ1n) is 36.5. The van der Waals surface area contributed by atoms with Gasteiger partial charge in [-0.15, -0.1) is 0 Å². The molecule has 8 aromatic rings. The number of alkyl halides is 18. The highest BCUT2D eigenvalue weighted by Crippen LogP contribution is 2.61. The van der Waals surface area contributed by atoms with E-state index in [-0.39, 0.29) is 92.6 Å². The molecule has 0 saturated carbocycles. The van der Waals surface area contributed by atoms with Gasteiger partial charge in [0.25, 0.3) is 47.3 Å². The zero-order valence-corrected chi connectivity index (χ0v) is 68.1. The third-order valence-electron chi connectivity index (χ3n) is 21.3. The number of imide groups is 4. The second-order valence-corrected chi connectivity index (χ2v) is 38.5. The molecule has 8 aromatic carbocycles. The van der Waals surface area contributed by atoms with Gasteiger partial charge >= 0.3 is 72.9 Å². The molecule has 0 saturated heterocycles. The van der Waals surface area contributed by atoms with Crippen molar-refractivity contribution < 1.29 is 185 Å². The van der Waals surface area contributed by atoms with E-state index in [0.29, 0.717) is 78.5 Å². The summed E-state index contributed by atoms with van der Waals surface area (Å²) >= 11 is 0. The third-order valence-corrected chi connectivity index (χ3v) is 25.2. The number of cyclic esters (lactones) is 4. The van der Waals surface area contributed by atoms with Gasteiger partial charge in [-0.1, -0.05) is 36.4 Å². The number of halogens is 18. The summed E-state index contributed by atoms with van der Waals surface area (Å²) in [4.78, 5) is 176. The minimum Gasteiger partial charge on any atom is -0.505 e. The third kappa shape index (κ3) is 16.1. The first-order valence-corrected chi connectivity index (χ1v) is 42.7. The molecule has 0 unspecified atom stereocenters. The number of nitrogens with two attached hydrogens (primary N) is 4. The van der Waals surface area contributed by atoms with Crippen molar-refractivity contribution in [2.75, 3.05) is 42.2 Å². The Morgan fingerprint density at radius 2 is 0.677 bits per heavy atom. The van der Waals surface area contributed by atoms with E-state index < -0.39 is 283 Å². The van der Waals surface area contributed by atoms with Gasteiger partial charge < -0.3 is 61.7 Å². The number of rotatable bonds is 17. The van der Waals surface area contributed by atoms with E-state index in [1.807, 2.05) is 13.1 Å². The Labute approximate surface area is 716 Å². The number of hydrogen-bond acceptors (Lipinski definition) is 24. The Morgan fingerprint density at radius 1 is 0.377 bits per heavy atom. The van der Waals surface area contributed by atoms with Gasteiger partial charge in [0.05, 0.1) is 102 Å². The standard InChI is InChI=1S/C50H30F12N4O12Si.C19H6F6O6.C7H8N2O3.C4H14N2OSi/c1-20-12-21(44(76)77)13-34(35(20)67)66-42(74)29-11-7-25(17-33(29)43(66)75)46(49(57,58)59,50(60,61)62)23-5-9-27-31(15-23)40(72)64(38(27)70)18-78-79(2,3)19-65-39(71)28-10-6-24(16-32(28)41(65)73)45(47(51,52)53,48(54,55)56)22-4-8-26-30(14-22)37(69)63-36(26)68;20-18(21,22)17(19(23,24)25,7-1-3-9-11(5-7)15(28)30-13(9)26)8-2-4-10-12(6-8)16(29)31-14(10)27;8-4-1-3(7(11)12)2-5(9)6(4)10;1-8(2,4-6)7-3-5/h4-17,67H,18-19H2,1-3H3,(H,76,77)(H,63,68,69);1-6H;1-2,10H,8-9H2,(H,11,12);3-6H2,1-2H3. The smallest absolute Gasteiger partial charge is 0.411 e. The molecule has 13 N–H and O–H groups in total. The molecular formula is C80H58F18N8O22Si2. The maximum Gasteiger partial charge on any atom is 0.411 e. The number of nitrogens with zero attached hydrogens (tertiary/aromatic N) is 3. The Morgan fingerprint density at radius 3 is 1.04 bits per heavy atom. The molecule has 0 aromatic heterocycles. The summed E-state index contributed by atoms with van der Waals surface area (Å²) in [5.41, 5.74) is -14.0. The number of hydrogen-bond donors (Lipinski definition) is 9. The zero-order chi connectivity index (χ0) is 97.2. The lowest BCUT2D eigenvalue weighted by molar-refractivity contribution is -0.290. The molecule has 0 radical (unpaired) electrons. The predicted molar refractivity (Wildman–Crippen MR) is 409 cm³/mol. The highest BCUT2D eigenvalue weighted by atomic mass is 28.4. The van der Waals surface area contributed by atoms with Crippen LogP contribution in [-0.4, -0.2) is 193 Å². The highest BCUT2D eigenvalue weighted by molar-refractivity contribution is 6.72. The molecule has 0 spiro atoms. The number of nitrogens with one attached hydrogen (secondary N) is 1. The second kappa shape index (κ2) is 33.1. The van der Waals surface area contributed by atoms with Crippen LogP contribution in [0.15, 0.2) is 133 Å². The summed E-state index contributed by atoms with van der Waals surface area (Å²) in [7, 11) is -5.30. The van der Waals surface area contributed by atoms with Gasteiger partial charge in [-0.05, 0) is 169 Å². The summed E-state index contributed by atoms with van der Waals surface area (Å²) in [5.74, 6) is -19.9. The number of phenolic OH excluding ortho intramolecular Hbond substituents is 2. The van der Waals surface area contributed by atoms with Crippen molar-refractivity contribution in [3.8, 4) is 11.5 Å². The molecule has 8 amide bonds. The molecule has 684 valence electrons. The van der Waals surface area contributed by atoms with E-state index in [1.165, 1.54) is 20.0 Å². The van der Waals surface area contributed by atoms with Crippen LogP contribution in [0.2, 0.25) is 26.2 Å². The van der Waals surface area contributed by atoms with E-state index in [4.69, 9.17) is 42.0 Å². The molecular weight excluding hydrogens is 1820 g/mol. The van der Waals surface area contributed by atoms with Gasteiger partial charge in [0, 0.05) is 12.3 Å². The average molecular weight is 1880 g/mol. The molecule has 6 aliphatic rings. The van der Waals surface area contributed by atoms with Crippen LogP contribution in [0.1, 0.15) is 184 Å². The largest absolute Gasteiger partial charge is 0.505 e. The number of aromatic carboxylic acids is 2. The van der Waals surface area contributed by atoms with E-state index in [0.717, 1.165) is 18.2 Å². The fourth-order valence-electron chi connectivity index (χ4n) is 14.8. The molecule has 0 fully saturated rings. The zero-order valence-electron chi connectivity index (χ0n) is 66.1. The van der Waals surface area contributed by atoms with Crippen molar-refractivity contribution in [1.29, 1.82) is 0 Å². The summed E-state index contributed by atoms with van der Waals surface area (Å²) in [6.45, 7) is 6.91. The lowest BCUT2D eigenvalue weighted by Gasteiger charge is -2.38. The molecule has 0 atom stereocenters. The molecule has 0 aliphatic carbocycles. The fraction of sp³-hybridized carbons (Fsp3) is 0.225. The van der Waals surface area contributed by atoms with Crippen molar-refractivity contribution in [2.24, 2.45) is 11.5 Å². The van der Waals surface area contributed by atoms with E-state index in [1.54, 1.807) is 5.32 Å². The summed E-state index contributed by atoms with van der Waals surface area (Å²) in [5, 5.41) is 39.5. The number of carboxylic acid groups (broad SMARTS) is 2. The van der Waals surface area contributed by atoms with Gasteiger partial charge in [0.2, 0.25) is 32.9 Å². The number of esters is 4. The van der Waals surface area contributed by atoms with Crippen LogP contribution in [0.4, 0.5) is 96.1 Å². The number of aromatic hydroxyl groups is 2. The molecule has 130 heavy (non-hydrogen) atoms. The minimum atomic E-state index is -6.40. The normalized spacial score (nSPS) is 15.3. The Hall–Kier alpha value is -14.2. The van der Waals surface area contributed by atoms with E-state index >= 15 is 52.7 Å². The van der Waals surface area contributed by atoms with E-state index in [2.05, 4.69) is 9.47 Å². The number of carbonyl (C=O) groups excluding carboxylic acids is 12. The molecule has 14 rings (SSSR count). The topological polar surface area (TPSA) is 483 Å². The molecule has 0 bridgehead atoms. The number of carbonyl (C=O) groups is 14. The quantitative estimate of drug-likeness (QED) is 0.00597. The predicted octanol–water partition coefficient (Wildman–Crippen LogP) is 12.1. The van der Waals surface area contributed by atoms with Gasteiger partial charge in [-0.3, -0.25) is 53.5 Å². The number of amides is 8. The van der Waals surface area contributed by atoms with Crippen LogP contribution in [-0.2, 0) is 34.6 Å². The number of ether oxygens (including phenoxy) is 2. The van der Waals surface area contributed by atoms with Crippen LogP contribution in [0.3, 0.4) is 0 Å².